The van der Waals surface area contributed by atoms with Crippen LogP contribution in [0.5, 0.6) is 0 Å². The predicted octanol–water partition coefficient (Wildman–Crippen LogP) is 0.0391. The Morgan fingerprint density at radius 3 is 1.75 bits per heavy atom. The zero-order valence-electron chi connectivity index (χ0n) is 7.41. The van der Waals surface area contributed by atoms with Gasteiger partial charge in [-0.2, -0.15) is 0 Å². The fourth-order valence-electron chi connectivity index (χ4n) is 1.54. The topological polar surface area (TPSA) is 30.9 Å². The first-order valence-electron chi connectivity index (χ1n) is 4.43. The molecule has 0 aromatic carbocycles. The van der Waals surface area contributed by atoms with Gasteiger partial charge in [-0.1, -0.05) is 0 Å². The van der Waals surface area contributed by atoms with Gasteiger partial charge in [-0.25, -0.2) is 0 Å². The molecule has 0 unspecified atom stereocenters. The highest BCUT2D eigenvalue weighted by Crippen LogP contribution is 2.18. The average Bonchev–Trinajstić information content (AvgIpc) is 1.93. The van der Waals surface area contributed by atoms with E-state index >= 15 is 0 Å². The van der Waals surface area contributed by atoms with Crippen molar-refractivity contribution in [3.05, 3.63) is 0 Å². The maximum atomic E-state index is 5.46. The van der Waals surface area contributed by atoms with Crippen LogP contribution in [0.1, 0.15) is 6.92 Å². The van der Waals surface area contributed by atoms with E-state index in [-0.39, 0.29) is 0 Å². The third-order valence-electron chi connectivity index (χ3n) is 2.32. The number of fused-ring (bicyclic) bond motifs is 6. The summed E-state index contributed by atoms with van der Waals surface area (Å²) in [4.78, 5) is 2.29. The highest BCUT2D eigenvalue weighted by Gasteiger charge is 2.31. The summed E-state index contributed by atoms with van der Waals surface area (Å²) in [5, 5.41) is 0. The summed E-state index contributed by atoms with van der Waals surface area (Å²) in [6, 6.07) is 0. The van der Waals surface area contributed by atoms with Crippen LogP contribution in [0.4, 0.5) is 0 Å². The normalized spacial score (nSPS) is 43.2. The minimum absolute atomic E-state index is 0.691. The Kier molecular flexibility index (Phi) is 2.32. The third kappa shape index (κ3) is 1.77. The van der Waals surface area contributed by atoms with E-state index < -0.39 is 5.97 Å². The molecule has 0 spiro atoms. The van der Waals surface area contributed by atoms with Crippen LogP contribution in [0.25, 0.3) is 0 Å². The summed E-state index contributed by atoms with van der Waals surface area (Å²) in [5.41, 5.74) is 0. The van der Waals surface area contributed by atoms with Crippen LogP contribution in [-0.4, -0.2) is 50.3 Å². The monoisotopic (exact) mass is 173 g/mol. The molecule has 12 heavy (non-hydrogen) atoms. The Hall–Kier alpha value is -0.160. The van der Waals surface area contributed by atoms with Crippen LogP contribution in [0.15, 0.2) is 0 Å². The van der Waals surface area contributed by atoms with Crippen LogP contribution < -0.4 is 0 Å². The van der Waals surface area contributed by atoms with Crippen molar-refractivity contribution in [2.24, 2.45) is 0 Å². The van der Waals surface area contributed by atoms with E-state index in [2.05, 4.69) is 4.90 Å². The van der Waals surface area contributed by atoms with Gasteiger partial charge in [-0.15, -0.1) is 0 Å². The van der Waals surface area contributed by atoms with Gasteiger partial charge in [0.1, 0.15) is 0 Å². The Bertz CT molecular complexity index is 136. The number of hydrogen-bond acceptors (Lipinski definition) is 4. The molecule has 3 rings (SSSR count). The number of hydrogen-bond donors (Lipinski definition) is 0. The van der Waals surface area contributed by atoms with Gasteiger partial charge >= 0.3 is 0 Å². The average molecular weight is 173 g/mol. The van der Waals surface area contributed by atoms with Crippen LogP contribution in [-0.2, 0) is 14.2 Å². The molecule has 3 saturated heterocycles. The maximum Gasteiger partial charge on any atom is 0.280 e. The van der Waals surface area contributed by atoms with Crippen molar-refractivity contribution in [3.63, 3.8) is 0 Å². The molecule has 3 fully saturated rings. The fourth-order valence-corrected chi connectivity index (χ4v) is 1.54. The Morgan fingerprint density at radius 2 is 1.33 bits per heavy atom. The van der Waals surface area contributed by atoms with Crippen molar-refractivity contribution in [1.82, 2.24) is 4.90 Å². The summed E-state index contributed by atoms with van der Waals surface area (Å²) in [6.07, 6.45) is 0. The van der Waals surface area contributed by atoms with Crippen LogP contribution in [0.2, 0.25) is 0 Å². The highest BCUT2D eigenvalue weighted by molar-refractivity contribution is 4.65. The summed E-state index contributed by atoms with van der Waals surface area (Å²) in [7, 11) is 0. The second-order valence-corrected chi connectivity index (χ2v) is 3.25. The zero-order chi connectivity index (χ0) is 8.44. The fraction of sp³-hybridized carbons (Fsp3) is 1.00. The lowest BCUT2D eigenvalue weighted by Crippen LogP contribution is -2.49. The lowest BCUT2D eigenvalue weighted by molar-refractivity contribution is -0.384. The summed E-state index contributed by atoms with van der Waals surface area (Å²) in [5.74, 6) is -0.785. The van der Waals surface area contributed by atoms with E-state index in [1.54, 1.807) is 0 Å². The molecule has 3 heterocycles. The van der Waals surface area contributed by atoms with Crippen molar-refractivity contribution in [1.29, 1.82) is 0 Å². The van der Waals surface area contributed by atoms with Gasteiger partial charge in [0.2, 0.25) is 0 Å². The van der Waals surface area contributed by atoms with Crippen molar-refractivity contribution in [2.45, 2.75) is 12.9 Å². The van der Waals surface area contributed by atoms with Gasteiger partial charge in [0.05, 0.1) is 19.8 Å². The Balaban J connectivity index is 2.06. The molecule has 3 aliphatic rings. The van der Waals surface area contributed by atoms with Gasteiger partial charge in [0, 0.05) is 26.6 Å². The summed E-state index contributed by atoms with van der Waals surface area (Å²) >= 11 is 0. The SMILES string of the molecule is CC12OCCN(CCO1)CCO2. The molecule has 3 aliphatic heterocycles. The summed E-state index contributed by atoms with van der Waals surface area (Å²) in [6.45, 7) is 6.88. The first-order valence-corrected chi connectivity index (χ1v) is 4.43. The van der Waals surface area contributed by atoms with Crippen LogP contribution in [0.3, 0.4) is 0 Å². The molecular weight excluding hydrogens is 158 g/mol. The predicted molar refractivity (Wildman–Crippen MR) is 42.7 cm³/mol. The van der Waals surface area contributed by atoms with Crippen molar-refractivity contribution in [2.75, 3.05) is 39.5 Å². The molecule has 0 aliphatic carbocycles. The molecule has 0 saturated carbocycles. The largest absolute Gasteiger partial charge is 0.326 e. The second-order valence-electron chi connectivity index (χ2n) is 3.25. The standard InChI is InChI=1S/C8H15NO3/c1-8-10-5-2-9(3-6-11-8)4-7-12-8/h2-7H2,1H3. The van der Waals surface area contributed by atoms with Gasteiger partial charge in [-0.3, -0.25) is 4.90 Å². The van der Waals surface area contributed by atoms with Crippen LogP contribution in [0, 0.1) is 0 Å². The first-order chi connectivity index (χ1) is 5.79. The van der Waals surface area contributed by atoms with E-state index in [1.165, 1.54) is 0 Å². The minimum atomic E-state index is -0.785. The lowest BCUT2D eigenvalue weighted by atomic mass is 10.4. The molecule has 0 aromatic heterocycles. The molecule has 0 amide bonds. The van der Waals surface area contributed by atoms with Crippen molar-refractivity contribution < 1.29 is 14.2 Å². The first kappa shape index (κ1) is 8.44. The minimum Gasteiger partial charge on any atom is -0.326 e. The van der Waals surface area contributed by atoms with Crippen LogP contribution >= 0.6 is 0 Å². The van der Waals surface area contributed by atoms with Gasteiger partial charge < -0.3 is 14.2 Å². The van der Waals surface area contributed by atoms with E-state index in [1.807, 2.05) is 6.92 Å². The molecular formula is C8H15NO3. The number of nitrogens with zero attached hydrogens (tertiary/aromatic N) is 1. The second kappa shape index (κ2) is 3.30. The molecule has 0 radical (unpaired) electrons. The number of ether oxygens (including phenoxy) is 3. The third-order valence-corrected chi connectivity index (χ3v) is 2.32. The Morgan fingerprint density at radius 1 is 0.917 bits per heavy atom. The smallest absolute Gasteiger partial charge is 0.280 e. The molecule has 0 aromatic rings. The van der Waals surface area contributed by atoms with E-state index in [9.17, 15) is 0 Å². The molecule has 0 atom stereocenters. The molecule has 4 heteroatoms. The van der Waals surface area contributed by atoms with E-state index in [0.717, 1.165) is 19.6 Å². The summed E-state index contributed by atoms with van der Waals surface area (Å²) < 4.78 is 16.4. The molecule has 2 bridgehead atoms. The van der Waals surface area contributed by atoms with Gasteiger partial charge in [-0.05, 0) is 0 Å². The lowest BCUT2D eigenvalue weighted by Gasteiger charge is -2.38. The van der Waals surface area contributed by atoms with E-state index in [0.29, 0.717) is 19.8 Å². The quantitative estimate of drug-likeness (QED) is 0.517. The zero-order valence-corrected chi connectivity index (χ0v) is 7.41. The van der Waals surface area contributed by atoms with Gasteiger partial charge in [0.15, 0.2) is 0 Å². The number of rotatable bonds is 0. The van der Waals surface area contributed by atoms with Crippen molar-refractivity contribution >= 4 is 0 Å². The Labute approximate surface area is 72.4 Å². The maximum absolute atomic E-state index is 5.46. The molecule has 0 N–H and O–H groups in total. The van der Waals surface area contributed by atoms with Gasteiger partial charge in [0.25, 0.3) is 5.97 Å². The molecule has 70 valence electrons. The van der Waals surface area contributed by atoms with E-state index in [4.69, 9.17) is 14.2 Å². The highest BCUT2D eigenvalue weighted by atomic mass is 16.9. The molecule has 4 nitrogen and oxygen atoms in total. The van der Waals surface area contributed by atoms with Crippen molar-refractivity contribution in [3.8, 4) is 0 Å².